The van der Waals surface area contributed by atoms with E-state index in [9.17, 15) is 9.90 Å². The van der Waals surface area contributed by atoms with E-state index < -0.39 is 5.97 Å². The first-order valence-electron chi connectivity index (χ1n) is 13.5. The summed E-state index contributed by atoms with van der Waals surface area (Å²) >= 11 is 0. The molecule has 2 atom stereocenters. The van der Waals surface area contributed by atoms with Gasteiger partial charge in [-0.3, -0.25) is 4.79 Å². The molecule has 0 spiro atoms. The maximum atomic E-state index is 15.1. The number of methoxy groups -OCH3 is 1. The Morgan fingerprint density at radius 3 is 2.50 bits per heavy atom. The molecule has 5 rings (SSSR count). The van der Waals surface area contributed by atoms with Crippen molar-refractivity contribution < 1.29 is 23.8 Å². The predicted molar refractivity (Wildman–Crippen MR) is 147 cm³/mol. The molecule has 38 heavy (non-hydrogen) atoms. The van der Waals surface area contributed by atoms with Gasteiger partial charge in [0.15, 0.2) is 0 Å². The minimum Gasteiger partial charge on any atom is -0.497 e. The van der Waals surface area contributed by atoms with Crippen molar-refractivity contribution in [1.82, 2.24) is 0 Å². The lowest BCUT2D eigenvalue weighted by molar-refractivity contribution is -0.138. The summed E-state index contributed by atoms with van der Waals surface area (Å²) in [6.45, 7) is 7.02. The van der Waals surface area contributed by atoms with Gasteiger partial charge in [-0.1, -0.05) is 51.5 Å². The average molecular weight is 517 g/mol. The molecular formula is C33H37FO4. The number of aryl methyl sites for hydroxylation is 1. The van der Waals surface area contributed by atoms with Crippen LogP contribution in [0.25, 0.3) is 11.1 Å². The minimum absolute atomic E-state index is 0.117. The SMILES string of the molecule is COc1ccc(F)c(-c2ccc(COc3ccc4c(c3)[C@@](C)(CC(=O)O)CC4)cc2[C@H]2CCCC2(C)C)c1. The summed E-state index contributed by atoms with van der Waals surface area (Å²) in [5.41, 5.74) is 5.69. The maximum absolute atomic E-state index is 15.1. The Morgan fingerprint density at radius 1 is 1.00 bits per heavy atom. The van der Waals surface area contributed by atoms with Crippen LogP contribution in [0.4, 0.5) is 4.39 Å². The smallest absolute Gasteiger partial charge is 0.304 e. The highest BCUT2D eigenvalue weighted by atomic mass is 19.1. The van der Waals surface area contributed by atoms with E-state index in [-0.39, 0.29) is 23.1 Å². The molecule has 1 fully saturated rings. The van der Waals surface area contributed by atoms with Crippen molar-refractivity contribution in [3.63, 3.8) is 0 Å². The third kappa shape index (κ3) is 5.03. The van der Waals surface area contributed by atoms with Gasteiger partial charge in [0.25, 0.3) is 0 Å². The maximum Gasteiger partial charge on any atom is 0.304 e. The number of benzene rings is 3. The Labute approximate surface area is 224 Å². The highest BCUT2D eigenvalue weighted by Crippen LogP contribution is 2.51. The molecule has 0 aromatic heterocycles. The van der Waals surface area contributed by atoms with Gasteiger partial charge >= 0.3 is 5.97 Å². The molecule has 2 aliphatic rings. The number of halogens is 1. The molecule has 3 aromatic carbocycles. The summed E-state index contributed by atoms with van der Waals surface area (Å²) < 4.78 is 26.7. The summed E-state index contributed by atoms with van der Waals surface area (Å²) in [5.74, 6) is 0.667. The number of fused-ring (bicyclic) bond motifs is 1. The van der Waals surface area contributed by atoms with Crippen LogP contribution in [-0.4, -0.2) is 18.2 Å². The number of aliphatic carboxylic acids is 1. The molecule has 0 aliphatic heterocycles. The topological polar surface area (TPSA) is 55.8 Å². The number of hydrogen-bond donors (Lipinski definition) is 1. The molecule has 2 aliphatic carbocycles. The second-order valence-electron chi connectivity index (χ2n) is 11.9. The fourth-order valence-corrected chi connectivity index (χ4v) is 6.63. The highest BCUT2D eigenvalue weighted by Gasteiger charge is 2.38. The van der Waals surface area contributed by atoms with Crippen molar-refractivity contribution >= 4 is 5.97 Å². The first kappa shape index (κ1) is 26.3. The van der Waals surface area contributed by atoms with E-state index in [0.29, 0.717) is 23.8 Å². The molecular weight excluding hydrogens is 479 g/mol. The van der Waals surface area contributed by atoms with Crippen LogP contribution in [0, 0.1) is 11.2 Å². The second kappa shape index (κ2) is 10.1. The van der Waals surface area contributed by atoms with Crippen LogP contribution in [0.1, 0.15) is 81.0 Å². The number of hydrogen-bond acceptors (Lipinski definition) is 3. The van der Waals surface area contributed by atoms with Crippen molar-refractivity contribution in [1.29, 1.82) is 0 Å². The molecule has 0 amide bonds. The van der Waals surface area contributed by atoms with Crippen molar-refractivity contribution in [2.75, 3.05) is 7.11 Å². The first-order valence-corrected chi connectivity index (χ1v) is 13.5. The van der Waals surface area contributed by atoms with E-state index >= 15 is 4.39 Å². The van der Waals surface area contributed by atoms with Crippen LogP contribution in [0.3, 0.4) is 0 Å². The lowest BCUT2D eigenvalue weighted by Crippen LogP contribution is -2.22. The normalized spacial score (nSPS) is 21.8. The predicted octanol–water partition coefficient (Wildman–Crippen LogP) is 8.05. The summed E-state index contributed by atoms with van der Waals surface area (Å²) in [7, 11) is 1.60. The zero-order valence-corrected chi connectivity index (χ0v) is 22.8. The number of carbonyl (C=O) groups is 1. The Morgan fingerprint density at radius 2 is 1.79 bits per heavy atom. The zero-order chi connectivity index (χ0) is 27.1. The van der Waals surface area contributed by atoms with Crippen LogP contribution in [0.15, 0.2) is 54.6 Å². The van der Waals surface area contributed by atoms with Gasteiger partial charge in [0, 0.05) is 11.0 Å². The Bertz CT molecular complexity index is 1360. The summed E-state index contributed by atoms with van der Waals surface area (Å²) in [6, 6.07) is 17.2. The molecule has 1 saturated carbocycles. The van der Waals surface area contributed by atoms with E-state index in [1.165, 1.54) is 11.6 Å². The Kier molecular flexibility index (Phi) is 6.97. The summed E-state index contributed by atoms with van der Waals surface area (Å²) in [4.78, 5) is 11.5. The lowest BCUT2D eigenvalue weighted by Gasteiger charge is -2.30. The van der Waals surface area contributed by atoms with Crippen LogP contribution in [0.2, 0.25) is 0 Å². The molecule has 0 bridgehead atoms. The minimum atomic E-state index is -0.776. The zero-order valence-electron chi connectivity index (χ0n) is 22.8. The highest BCUT2D eigenvalue weighted by molar-refractivity contribution is 5.71. The van der Waals surface area contributed by atoms with Crippen LogP contribution in [-0.2, 0) is 23.2 Å². The Balaban J connectivity index is 1.46. The van der Waals surface area contributed by atoms with E-state index in [1.54, 1.807) is 19.2 Å². The van der Waals surface area contributed by atoms with E-state index in [0.717, 1.165) is 60.1 Å². The standard InChI is InChI=1S/C33H37FO4/c1-32(2)14-5-6-28(32)26-16-21(7-11-25(26)27-17-23(37-4)10-12-30(27)34)20-38-24-9-8-22-13-15-33(3,19-31(35)36)29(22)18-24/h7-12,16-18,28H,5-6,13-15,19-20H2,1-4H3,(H,35,36)/t28-,33-/m1/s1. The Hall–Kier alpha value is -3.34. The molecule has 200 valence electrons. The largest absolute Gasteiger partial charge is 0.497 e. The molecule has 5 heteroatoms. The van der Waals surface area contributed by atoms with Gasteiger partial charge in [-0.05, 0) is 95.2 Å². The van der Waals surface area contributed by atoms with Gasteiger partial charge in [0.2, 0.25) is 0 Å². The fourth-order valence-electron chi connectivity index (χ4n) is 6.63. The van der Waals surface area contributed by atoms with Crippen molar-refractivity contribution in [2.24, 2.45) is 5.41 Å². The van der Waals surface area contributed by atoms with Crippen molar-refractivity contribution in [3.8, 4) is 22.6 Å². The van der Waals surface area contributed by atoms with Crippen molar-refractivity contribution in [2.45, 2.75) is 77.2 Å². The molecule has 0 unspecified atom stereocenters. The second-order valence-corrected chi connectivity index (χ2v) is 11.9. The van der Waals surface area contributed by atoms with E-state index in [2.05, 4.69) is 26.0 Å². The number of rotatable bonds is 8. The number of ether oxygens (including phenoxy) is 2. The lowest BCUT2D eigenvalue weighted by atomic mass is 9.75. The van der Waals surface area contributed by atoms with Gasteiger partial charge in [-0.15, -0.1) is 0 Å². The molecule has 3 aromatic rings. The van der Waals surface area contributed by atoms with Gasteiger partial charge in [-0.2, -0.15) is 0 Å². The molecule has 0 radical (unpaired) electrons. The number of carboxylic acids is 1. The quantitative estimate of drug-likeness (QED) is 0.329. The first-order chi connectivity index (χ1) is 18.1. The number of carboxylic acid groups (broad SMARTS) is 1. The van der Waals surface area contributed by atoms with Crippen molar-refractivity contribution in [3.05, 3.63) is 82.7 Å². The van der Waals surface area contributed by atoms with Gasteiger partial charge < -0.3 is 14.6 Å². The fraction of sp³-hybridized carbons (Fsp3) is 0.424. The summed E-state index contributed by atoms with van der Waals surface area (Å²) in [5, 5.41) is 9.43. The van der Waals surface area contributed by atoms with Crippen LogP contribution in [0.5, 0.6) is 11.5 Å². The van der Waals surface area contributed by atoms with E-state index in [4.69, 9.17) is 9.47 Å². The molecule has 0 saturated heterocycles. The monoisotopic (exact) mass is 516 g/mol. The van der Waals surface area contributed by atoms with E-state index in [1.807, 2.05) is 31.2 Å². The molecule has 0 heterocycles. The average Bonchev–Trinajstić information content (AvgIpc) is 3.40. The third-order valence-electron chi connectivity index (χ3n) is 8.84. The third-order valence-corrected chi connectivity index (χ3v) is 8.84. The molecule has 4 nitrogen and oxygen atoms in total. The van der Waals surface area contributed by atoms with Gasteiger partial charge in [0.05, 0.1) is 13.5 Å². The van der Waals surface area contributed by atoms with Gasteiger partial charge in [-0.25, -0.2) is 4.39 Å². The van der Waals surface area contributed by atoms with Crippen LogP contribution >= 0.6 is 0 Å². The van der Waals surface area contributed by atoms with Crippen LogP contribution < -0.4 is 9.47 Å². The molecule has 1 N–H and O–H groups in total. The van der Waals surface area contributed by atoms with Gasteiger partial charge in [0.1, 0.15) is 23.9 Å². The summed E-state index contributed by atoms with van der Waals surface area (Å²) in [6.07, 6.45) is 5.21.